The molecular weight excluding hydrogens is 292 g/mol. The Morgan fingerprint density at radius 1 is 1.27 bits per heavy atom. The van der Waals surface area contributed by atoms with Gasteiger partial charge in [0.25, 0.3) is 0 Å². The number of halogens is 2. The number of nitrogens with one attached hydrogen (secondary N) is 1. The van der Waals surface area contributed by atoms with Gasteiger partial charge in [0.1, 0.15) is 12.1 Å². The van der Waals surface area contributed by atoms with Gasteiger partial charge in [-0.15, -0.1) is 0 Å². The van der Waals surface area contributed by atoms with Crippen molar-refractivity contribution in [2.24, 2.45) is 0 Å². The van der Waals surface area contributed by atoms with E-state index in [-0.39, 0.29) is 0 Å². The molecular formula is C14H13F2N5O. The van der Waals surface area contributed by atoms with E-state index in [1.165, 1.54) is 12.5 Å². The second kappa shape index (κ2) is 6.02. The second-order valence-electron chi connectivity index (χ2n) is 4.59. The topological polar surface area (TPSA) is 64.9 Å². The predicted molar refractivity (Wildman–Crippen MR) is 77.0 cm³/mol. The molecule has 0 saturated heterocycles. The van der Waals surface area contributed by atoms with Crippen molar-refractivity contribution in [1.29, 1.82) is 0 Å². The van der Waals surface area contributed by atoms with Gasteiger partial charge >= 0.3 is 6.55 Å². The lowest BCUT2D eigenvalue weighted by molar-refractivity contribution is 0.0615. The summed E-state index contributed by atoms with van der Waals surface area (Å²) in [5.74, 6) is 0.600. The van der Waals surface area contributed by atoms with Crippen molar-refractivity contribution in [2.45, 2.75) is 13.2 Å². The van der Waals surface area contributed by atoms with E-state index in [1.54, 1.807) is 31.4 Å². The number of aromatic nitrogens is 4. The molecule has 22 heavy (non-hydrogen) atoms. The molecule has 0 unspecified atom stereocenters. The van der Waals surface area contributed by atoms with Crippen LogP contribution in [0.3, 0.4) is 0 Å². The molecule has 3 aromatic rings. The molecule has 8 heteroatoms. The SMILES string of the molecule is COCc1cc(Nc2ccc3c(cnn3C(F)F)c2)ncn1. The summed E-state index contributed by atoms with van der Waals surface area (Å²) in [6.07, 6.45) is 2.84. The van der Waals surface area contributed by atoms with E-state index in [1.807, 2.05) is 0 Å². The third-order valence-electron chi connectivity index (χ3n) is 3.07. The molecule has 2 heterocycles. The van der Waals surface area contributed by atoms with Gasteiger partial charge in [-0.1, -0.05) is 0 Å². The van der Waals surface area contributed by atoms with Crippen molar-refractivity contribution in [3.63, 3.8) is 0 Å². The highest BCUT2D eigenvalue weighted by molar-refractivity contribution is 5.83. The molecule has 6 nitrogen and oxygen atoms in total. The minimum atomic E-state index is -2.66. The molecule has 0 saturated carbocycles. The third kappa shape index (κ3) is 2.86. The van der Waals surface area contributed by atoms with E-state index < -0.39 is 6.55 Å². The maximum Gasteiger partial charge on any atom is 0.333 e. The van der Waals surface area contributed by atoms with Gasteiger partial charge in [0, 0.05) is 24.2 Å². The molecule has 3 rings (SSSR count). The van der Waals surface area contributed by atoms with Crippen molar-refractivity contribution in [2.75, 3.05) is 12.4 Å². The Hall–Kier alpha value is -2.61. The van der Waals surface area contributed by atoms with Crippen molar-refractivity contribution in [3.8, 4) is 0 Å². The van der Waals surface area contributed by atoms with Gasteiger partial charge in [-0.25, -0.2) is 14.6 Å². The summed E-state index contributed by atoms with van der Waals surface area (Å²) in [6.45, 7) is -2.27. The largest absolute Gasteiger partial charge is 0.378 e. The van der Waals surface area contributed by atoms with E-state index >= 15 is 0 Å². The number of hydrogen-bond acceptors (Lipinski definition) is 5. The molecule has 0 bridgehead atoms. The van der Waals surface area contributed by atoms with Gasteiger partial charge in [0.15, 0.2) is 0 Å². The summed E-state index contributed by atoms with van der Waals surface area (Å²) in [5, 5.41) is 7.40. The zero-order valence-electron chi connectivity index (χ0n) is 11.7. The molecule has 114 valence electrons. The zero-order valence-corrected chi connectivity index (χ0v) is 11.7. The number of nitrogens with zero attached hydrogens (tertiary/aromatic N) is 4. The van der Waals surface area contributed by atoms with Gasteiger partial charge < -0.3 is 10.1 Å². The van der Waals surface area contributed by atoms with Gasteiger partial charge in [-0.3, -0.25) is 0 Å². The summed E-state index contributed by atoms with van der Waals surface area (Å²) in [5.41, 5.74) is 1.85. The highest BCUT2D eigenvalue weighted by atomic mass is 19.3. The fraction of sp³-hybridized carbons (Fsp3) is 0.214. The Morgan fingerprint density at radius 2 is 2.14 bits per heavy atom. The Kier molecular flexibility index (Phi) is 3.92. The van der Waals surface area contributed by atoms with Gasteiger partial charge in [-0.05, 0) is 18.2 Å². The van der Waals surface area contributed by atoms with Crippen molar-refractivity contribution < 1.29 is 13.5 Å². The van der Waals surface area contributed by atoms with Crippen LogP contribution in [0.2, 0.25) is 0 Å². The minimum Gasteiger partial charge on any atom is -0.378 e. The van der Waals surface area contributed by atoms with Crippen LogP contribution in [0.25, 0.3) is 10.9 Å². The number of benzene rings is 1. The minimum absolute atomic E-state index is 0.378. The molecule has 1 N–H and O–H groups in total. The number of rotatable bonds is 5. The van der Waals surface area contributed by atoms with Crippen LogP contribution in [-0.4, -0.2) is 26.9 Å². The predicted octanol–water partition coefficient (Wildman–Crippen LogP) is 3.11. The maximum atomic E-state index is 12.8. The Labute approximate surface area is 124 Å². The highest BCUT2D eigenvalue weighted by Gasteiger charge is 2.11. The lowest BCUT2D eigenvalue weighted by Gasteiger charge is -2.07. The van der Waals surface area contributed by atoms with Crippen LogP contribution in [-0.2, 0) is 11.3 Å². The lowest BCUT2D eigenvalue weighted by atomic mass is 10.2. The standard InChI is InChI=1S/C14H13F2N5O/c1-22-7-11-5-13(18-8-17-11)20-10-2-3-12-9(4-10)6-19-21(12)14(15)16/h2-6,8,14H,7H2,1H3,(H,17,18,20). The van der Waals surface area contributed by atoms with Crippen molar-refractivity contribution >= 4 is 22.4 Å². The van der Waals surface area contributed by atoms with Crippen LogP contribution in [0.4, 0.5) is 20.3 Å². The molecule has 0 spiro atoms. The van der Waals surface area contributed by atoms with E-state index in [2.05, 4.69) is 20.4 Å². The van der Waals surface area contributed by atoms with E-state index in [0.29, 0.717) is 28.0 Å². The summed E-state index contributed by atoms with van der Waals surface area (Å²) >= 11 is 0. The Balaban J connectivity index is 1.86. The fourth-order valence-corrected chi connectivity index (χ4v) is 2.13. The average Bonchev–Trinajstić information content (AvgIpc) is 2.91. The lowest BCUT2D eigenvalue weighted by Crippen LogP contribution is -2.00. The molecule has 0 aliphatic carbocycles. The molecule has 0 aliphatic rings. The number of anilines is 2. The highest BCUT2D eigenvalue weighted by Crippen LogP contribution is 2.24. The van der Waals surface area contributed by atoms with Gasteiger partial charge in [0.2, 0.25) is 0 Å². The second-order valence-corrected chi connectivity index (χ2v) is 4.59. The third-order valence-corrected chi connectivity index (χ3v) is 3.07. The van der Waals surface area contributed by atoms with Crippen molar-refractivity contribution in [3.05, 3.63) is 42.5 Å². The van der Waals surface area contributed by atoms with Crippen LogP contribution in [0, 0.1) is 0 Å². The quantitative estimate of drug-likeness (QED) is 0.784. The number of ether oxygens (including phenoxy) is 1. The number of methoxy groups -OCH3 is 1. The van der Waals surface area contributed by atoms with Crippen molar-refractivity contribution in [1.82, 2.24) is 19.7 Å². The smallest absolute Gasteiger partial charge is 0.333 e. The van der Waals surface area contributed by atoms with E-state index in [9.17, 15) is 8.78 Å². The Bertz CT molecular complexity index is 790. The Morgan fingerprint density at radius 3 is 2.91 bits per heavy atom. The molecule has 0 atom stereocenters. The first-order valence-corrected chi connectivity index (χ1v) is 6.49. The summed E-state index contributed by atoms with van der Waals surface area (Å²) in [7, 11) is 1.59. The molecule has 2 aromatic heterocycles. The maximum absolute atomic E-state index is 12.8. The summed E-state index contributed by atoms with van der Waals surface area (Å²) < 4.78 is 31.2. The first-order chi connectivity index (χ1) is 10.7. The average molecular weight is 305 g/mol. The molecule has 0 radical (unpaired) electrons. The number of alkyl halides is 2. The van der Waals surface area contributed by atoms with Crippen LogP contribution >= 0.6 is 0 Å². The molecule has 0 fully saturated rings. The summed E-state index contributed by atoms with van der Waals surface area (Å²) in [6, 6.07) is 6.78. The van der Waals surface area contributed by atoms with Crippen LogP contribution in [0.1, 0.15) is 12.2 Å². The van der Waals surface area contributed by atoms with E-state index in [0.717, 1.165) is 11.4 Å². The molecule has 0 amide bonds. The zero-order chi connectivity index (χ0) is 15.5. The fourth-order valence-electron chi connectivity index (χ4n) is 2.13. The first-order valence-electron chi connectivity index (χ1n) is 6.49. The van der Waals surface area contributed by atoms with E-state index in [4.69, 9.17) is 4.74 Å². The van der Waals surface area contributed by atoms with Crippen LogP contribution in [0.15, 0.2) is 36.8 Å². The monoisotopic (exact) mass is 305 g/mol. The molecule has 1 aromatic carbocycles. The summed E-state index contributed by atoms with van der Waals surface area (Å²) in [4.78, 5) is 8.18. The van der Waals surface area contributed by atoms with Crippen LogP contribution in [0.5, 0.6) is 0 Å². The molecule has 0 aliphatic heterocycles. The normalized spacial score (nSPS) is 11.3. The van der Waals surface area contributed by atoms with Gasteiger partial charge in [0.05, 0.1) is 24.0 Å². The number of fused-ring (bicyclic) bond motifs is 1. The first kappa shape index (κ1) is 14.3. The number of hydrogen-bond donors (Lipinski definition) is 1. The van der Waals surface area contributed by atoms with Crippen LogP contribution < -0.4 is 5.32 Å². The van der Waals surface area contributed by atoms with Gasteiger partial charge in [-0.2, -0.15) is 13.9 Å².